The van der Waals surface area contributed by atoms with Gasteiger partial charge in [-0.2, -0.15) is 5.10 Å². The Morgan fingerprint density at radius 1 is 1.36 bits per heavy atom. The molecule has 12 heteroatoms. The predicted octanol–water partition coefficient (Wildman–Crippen LogP) is 0.875. The van der Waals surface area contributed by atoms with Crippen LogP contribution in [0.3, 0.4) is 0 Å². The Bertz CT molecular complexity index is 1320. The number of amides is 1. The lowest BCUT2D eigenvalue weighted by atomic mass is 10.2. The lowest BCUT2D eigenvalue weighted by Gasteiger charge is -2.08. The van der Waals surface area contributed by atoms with Gasteiger partial charge in [-0.05, 0) is 28.1 Å². The normalized spacial score (nSPS) is 11.1. The monoisotopic (exact) mass is 445 g/mol. The highest BCUT2D eigenvalue weighted by Gasteiger charge is 2.15. The maximum Gasteiger partial charge on any atom is 0.439 e. The lowest BCUT2D eigenvalue weighted by molar-refractivity contribution is -0.116. The Balaban J connectivity index is 1.56. The molecule has 0 fully saturated rings. The fourth-order valence-electron chi connectivity index (χ4n) is 2.70. The van der Waals surface area contributed by atoms with E-state index in [0.717, 1.165) is 0 Å². The molecule has 142 valence electrons. The average molecular weight is 446 g/mol. The molecule has 0 radical (unpaired) electrons. The molecule has 2 N–H and O–H groups in total. The third-order valence-corrected chi connectivity index (χ3v) is 4.50. The standard InChI is InChI=1S/C16H12BrN7O4/c1-23-14-11(12(17)21-23)15(26)24(7-18-14)6-10(25)19-9-4-2-3-8(5-9)13-20-16(27)28-22-13/h2-5,7H,6H2,1H3,(H,19,25)(H,20,22,27). The zero-order valence-corrected chi connectivity index (χ0v) is 15.9. The molecule has 3 heterocycles. The number of carbonyl (C=O) groups is 1. The van der Waals surface area contributed by atoms with E-state index < -0.39 is 11.7 Å². The van der Waals surface area contributed by atoms with Crippen LogP contribution in [-0.4, -0.2) is 35.4 Å². The van der Waals surface area contributed by atoms with Crippen molar-refractivity contribution in [3.63, 3.8) is 0 Å². The predicted molar refractivity (Wildman–Crippen MR) is 102 cm³/mol. The second kappa shape index (κ2) is 6.88. The summed E-state index contributed by atoms with van der Waals surface area (Å²) in [5.74, 6) is -0.851. The quantitative estimate of drug-likeness (QED) is 0.474. The van der Waals surface area contributed by atoms with Crippen molar-refractivity contribution in [3.05, 3.63) is 56.1 Å². The summed E-state index contributed by atoms with van der Waals surface area (Å²) in [6, 6.07) is 6.67. The topological polar surface area (TPSA) is 141 Å². The first-order valence-corrected chi connectivity index (χ1v) is 8.75. The van der Waals surface area contributed by atoms with Gasteiger partial charge in [-0.15, -0.1) is 0 Å². The molecule has 0 aliphatic carbocycles. The molecular formula is C16H12BrN7O4. The minimum absolute atomic E-state index is 0.228. The first kappa shape index (κ1) is 17.9. The summed E-state index contributed by atoms with van der Waals surface area (Å²) in [4.78, 5) is 42.7. The molecule has 0 saturated carbocycles. The SMILES string of the molecule is Cn1nc(Br)c2c(=O)n(CC(=O)Nc3cccc(-c4noc(=O)[nH]4)c3)cnc21. The van der Waals surface area contributed by atoms with E-state index >= 15 is 0 Å². The van der Waals surface area contributed by atoms with Crippen LogP contribution < -0.4 is 16.6 Å². The van der Waals surface area contributed by atoms with Crippen molar-refractivity contribution >= 4 is 38.6 Å². The van der Waals surface area contributed by atoms with E-state index in [1.54, 1.807) is 31.3 Å². The van der Waals surface area contributed by atoms with Crippen molar-refractivity contribution < 1.29 is 9.32 Å². The highest BCUT2D eigenvalue weighted by atomic mass is 79.9. The fourth-order valence-corrected chi connectivity index (χ4v) is 3.29. The number of hydrogen-bond acceptors (Lipinski definition) is 7. The van der Waals surface area contributed by atoms with Crippen molar-refractivity contribution in [1.82, 2.24) is 29.5 Å². The summed E-state index contributed by atoms with van der Waals surface area (Å²) in [5, 5.41) is 10.7. The zero-order valence-electron chi connectivity index (χ0n) is 14.3. The zero-order chi connectivity index (χ0) is 19.8. The number of hydrogen-bond donors (Lipinski definition) is 2. The molecule has 0 atom stereocenters. The molecular weight excluding hydrogens is 434 g/mol. The number of aromatic nitrogens is 6. The fraction of sp³-hybridized carbons (Fsp3) is 0.125. The number of nitrogens with zero attached hydrogens (tertiary/aromatic N) is 5. The molecule has 1 aromatic carbocycles. The van der Waals surface area contributed by atoms with Gasteiger partial charge in [-0.25, -0.2) is 14.5 Å². The van der Waals surface area contributed by atoms with Gasteiger partial charge in [0.05, 0.1) is 0 Å². The highest BCUT2D eigenvalue weighted by molar-refractivity contribution is 9.10. The third kappa shape index (κ3) is 3.24. The molecule has 0 bridgehead atoms. The average Bonchev–Trinajstić information content (AvgIpc) is 3.21. The molecule has 4 aromatic rings. The Hall–Kier alpha value is -3.54. The summed E-state index contributed by atoms with van der Waals surface area (Å²) in [6.45, 7) is -0.228. The second-order valence-electron chi connectivity index (χ2n) is 5.86. The summed E-state index contributed by atoms with van der Waals surface area (Å²) < 4.78 is 7.52. The van der Waals surface area contributed by atoms with Gasteiger partial charge in [-0.3, -0.25) is 23.7 Å². The van der Waals surface area contributed by atoms with E-state index in [9.17, 15) is 14.4 Å². The van der Waals surface area contributed by atoms with Crippen LogP contribution >= 0.6 is 15.9 Å². The van der Waals surface area contributed by atoms with Crippen LogP contribution in [0.1, 0.15) is 0 Å². The van der Waals surface area contributed by atoms with Crippen LogP contribution in [0, 0.1) is 0 Å². The summed E-state index contributed by atoms with van der Waals surface area (Å²) in [5.41, 5.74) is 1.07. The molecule has 4 rings (SSSR count). The third-order valence-electron chi connectivity index (χ3n) is 3.94. The summed E-state index contributed by atoms with van der Waals surface area (Å²) in [7, 11) is 1.67. The number of carbonyl (C=O) groups excluding carboxylic acids is 1. The van der Waals surface area contributed by atoms with Crippen molar-refractivity contribution in [1.29, 1.82) is 0 Å². The van der Waals surface area contributed by atoms with Crippen molar-refractivity contribution in [2.24, 2.45) is 7.05 Å². The number of anilines is 1. The van der Waals surface area contributed by atoms with Crippen LogP contribution in [0.2, 0.25) is 0 Å². The summed E-state index contributed by atoms with van der Waals surface area (Å²) in [6.07, 6.45) is 1.30. The Morgan fingerprint density at radius 3 is 2.93 bits per heavy atom. The number of benzene rings is 1. The molecule has 0 unspecified atom stereocenters. The van der Waals surface area contributed by atoms with Crippen LogP contribution in [-0.2, 0) is 18.4 Å². The summed E-state index contributed by atoms with van der Waals surface area (Å²) >= 11 is 3.23. The van der Waals surface area contributed by atoms with Crippen LogP contribution in [0.5, 0.6) is 0 Å². The number of halogens is 1. The second-order valence-corrected chi connectivity index (χ2v) is 6.61. The Morgan fingerprint density at radius 2 is 2.18 bits per heavy atom. The van der Waals surface area contributed by atoms with Crippen LogP contribution in [0.15, 0.2) is 49.3 Å². The van der Waals surface area contributed by atoms with E-state index in [2.05, 4.69) is 46.0 Å². The van der Waals surface area contributed by atoms with Gasteiger partial charge in [0.15, 0.2) is 11.5 Å². The van der Waals surface area contributed by atoms with Gasteiger partial charge in [0.25, 0.3) is 5.56 Å². The van der Waals surface area contributed by atoms with E-state index in [4.69, 9.17) is 0 Å². The van der Waals surface area contributed by atoms with Crippen molar-refractivity contribution in [2.45, 2.75) is 6.54 Å². The van der Waals surface area contributed by atoms with Gasteiger partial charge in [0.2, 0.25) is 5.91 Å². The van der Waals surface area contributed by atoms with Gasteiger partial charge >= 0.3 is 5.76 Å². The first-order chi connectivity index (χ1) is 13.4. The number of aryl methyl sites for hydroxylation is 1. The maximum absolute atomic E-state index is 12.6. The minimum atomic E-state index is -0.673. The minimum Gasteiger partial charge on any atom is -0.325 e. The van der Waals surface area contributed by atoms with E-state index in [1.807, 2.05) is 0 Å². The molecule has 0 spiro atoms. The number of fused-ring (bicyclic) bond motifs is 1. The molecule has 3 aromatic heterocycles. The first-order valence-electron chi connectivity index (χ1n) is 7.96. The number of nitrogens with one attached hydrogen (secondary N) is 2. The van der Waals surface area contributed by atoms with E-state index in [0.29, 0.717) is 26.9 Å². The van der Waals surface area contributed by atoms with E-state index in [-0.39, 0.29) is 17.9 Å². The molecule has 28 heavy (non-hydrogen) atoms. The number of rotatable bonds is 4. The number of aromatic amines is 1. The molecule has 0 aliphatic rings. The molecule has 1 amide bonds. The van der Waals surface area contributed by atoms with Crippen LogP contribution in [0.25, 0.3) is 22.4 Å². The van der Waals surface area contributed by atoms with Gasteiger partial charge in [0, 0.05) is 18.3 Å². The Labute approximate surface area is 164 Å². The van der Waals surface area contributed by atoms with E-state index in [1.165, 1.54) is 15.6 Å². The number of H-pyrrole nitrogens is 1. The smallest absolute Gasteiger partial charge is 0.325 e. The van der Waals surface area contributed by atoms with Crippen molar-refractivity contribution in [2.75, 3.05) is 5.32 Å². The molecule has 11 nitrogen and oxygen atoms in total. The van der Waals surface area contributed by atoms with Gasteiger partial charge < -0.3 is 5.32 Å². The van der Waals surface area contributed by atoms with Crippen LogP contribution in [0.4, 0.5) is 5.69 Å². The van der Waals surface area contributed by atoms with Crippen molar-refractivity contribution in [3.8, 4) is 11.4 Å². The highest BCUT2D eigenvalue weighted by Crippen LogP contribution is 2.19. The molecule has 0 saturated heterocycles. The van der Waals surface area contributed by atoms with Gasteiger partial charge in [-0.1, -0.05) is 17.3 Å². The lowest BCUT2D eigenvalue weighted by Crippen LogP contribution is -2.28. The van der Waals surface area contributed by atoms with Gasteiger partial charge in [0.1, 0.15) is 22.9 Å². The largest absolute Gasteiger partial charge is 0.439 e. The Kier molecular flexibility index (Phi) is 4.39. The molecule has 0 aliphatic heterocycles. The maximum atomic E-state index is 12.6.